The first kappa shape index (κ1) is 14.2. The van der Waals surface area contributed by atoms with E-state index in [4.69, 9.17) is 0 Å². The maximum absolute atomic E-state index is 12.2. The summed E-state index contributed by atoms with van der Waals surface area (Å²) in [5.41, 5.74) is 2.77. The van der Waals surface area contributed by atoms with Crippen molar-refractivity contribution in [3.63, 3.8) is 0 Å². The van der Waals surface area contributed by atoms with E-state index in [1.807, 2.05) is 0 Å². The molecule has 1 aromatic carbocycles. The van der Waals surface area contributed by atoms with Crippen LogP contribution in [0.4, 0.5) is 8.78 Å². The van der Waals surface area contributed by atoms with E-state index >= 15 is 0 Å². The second-order valence-electron chi connectivity index (χ2n) is 5.56. The monoisotopic (exact) mass is 264 g/mol. The van der Waals surface area contributed by atoms with Gasteiger partial charge in [0.2, 0.25) is 0 Å². The van der Waals surface area contributed by atoms with Crippen LogP contribution in [0, 0.1) is 5.92 Å². The van der Waals surface area contributed by atoms with Crippen molar-refractivity contribution in [2.24, 2.45) is 5.92 Å². The largest absolute Gasteiger partial charge is 0.266 e. The molecule has 0 bridgehead atoms. The minimum Gasteiger partial charge on any atom is -0.174 e. The molecule has 0 aromatic heterocycles. The van der Waals surface area contributed by atoms with Crippen molar-refractivity contribution in [2.75, 3.05) is 0 Å². The first-order valence-corrected chi connectivity index (χ1v) is 7.30. The van der Waals surface area contributed by atoms with Crippen LogP contribution in [0.15, 0.2) is 36.4 Å². The van der Waals surface area contributed by atoms with Gasteiger partial charge in [0.05, 0.1) is 0 Å². The molecule has 0 nitrogen and oxygen atoms in total. The summed E-state index contributed by atoms with van der Waals surface area (Å²) in [6.45, 7) is 2.19. The van der Waals surface area contributed by atoms with Gasteiger partial charge < -0.3 is 0 Å². The molecule has 1 aliphatic rings. The maximum atomic E-state index is 12.2. The molecular formula is C17H22F2. The van der Waals surface area contributed by atoms with Crippen molar-refractivity contribution in [3.05, 3.63) is 47.5 Å². The molecule has 0 amide bonds. The van der Waals surface area contributed by atoms with Gasteiger partial charge in [-0.1, -0.05) is 37.6 Å². The van der Waals surface area contributed by atoms with Gasteiger partial charge in [-0.3, -0.25) is 0 Å². The number of hydrogen-bond donors (Lipinski definition) is 0. The number of halogens is 2. The average Bonchev–Trinajstić information content (AvgIpc) is 2.40. The Hall–Kier alpha value is -1.18. The van der Waals surface area contributed by atoms with E-state index in [1.54, 1.807) is 0 Å². The van der Waals surface area contributed by atoms with E-state index in [2.05, 4.69) is 31.2 Å². The molecule has 0 heterocycles. The van der Waals surface area contributed by atoms with Gasteiger partial charge in [0.25, 0.3) is 6.08 Å². The van der Waals surface area contributed by atoms with Gasteiger partial charge in [-0.2, -0.15) is 8.78 Å². The third-order valence-electron chi connectivity index (χ3n) is 4.12. The van der Waals surface area contributed by atoms with Crippen LogP contribution in [0.5, 0.6) is 0 Å². The SMILES string of the molecule is CCCc1ccc(C2CCC(C=C(F)F)CC2)cc1. The van der Waals surface area contributed by atoms with Crippen molar-refractivity contribution in [1.29, 1.82) is 0 Å². The molecule has 2 rings (SSSR count). The molecule has 1 aromatic rings. The molecule has 0 unspecified atom stereocenters. The molecule has 104 valence electrons. The summed E-state index contributed by atoms with van der Waals surface area (Å²) in [6, 6.07) is 8.88. The maximum Gasteiger partial charge on any atom is 0.266 e. The summed E-state index contributed by atoms with van der Waals surface area (Å²) in [5.74, 6) is 0.642. The van der Waals surface area contributed by atoms with E-state index in [-0.39, 0.29) is 5.92 Å². The molecule has 0 N–H and O–H groups in total. The standard InChI is InChI=1S/C17H22F2/c1-2-3-13-4-8-15(9-5-13)16-10-6-14(7-11-16)12-17(18)19/h4-5,8-9,12,14,16H,2-3,6-7,10-11H2,1H3. The second kappa shape index (κ2) is 6.83. The molecular weight excluding hydrogens is 242 g/mol. The Balaban J connectivity index is 1.92. The van der Waals surface area contributed by atoms with Gasteiger partial charge in [-0.15, -0.1) is 0 Å². The number of allylic oxidation sites excluding steroid dienone is 1. The van der Waals surface area contributed by atoms with Crippen LogP contribution < -0.4 is 0 Å². The molecule has 0 atom stereocenters. The number of benzene rings is 1. The highest BCUT2D eigenvalue weighted by Crippen LogP contribution is 2.36. The smallest absolute Gasteiger partial charge is 0.174 e. The summed E-state index contributed by atoms with van der Waals surface area (Å²) >= 11 is 0. The summed E-state index contributed by atoms with van der Waals surface area (Å²) in [4.78, 5) is 0. The third-order valence-corrected chi connectivity index (χ3v) is 4.12. The van der Waals surface area contributed by atoms with E-state index in [9.17, 15) is 8.78 Å². The van der Waals surface area contributed by atoms with Crippen LogP contribution in [0.3, 0.4) is 0 Å². The van der Waals surface area contributed by atoms with Gasteiger partial charge in [-0.25, -0.2) is 0 Å². The zero-order valence-electron chi connectivity index (χ0n) is 11.5. The van der Waals surface area contributed by atoms with Crippen LogP contribution in [0.25, 0.3) is 0 Å². The van der Waals surface area contributed by atoms with Crippen molar-refractivity contribution >= 4 is 0 Å². The minimum absolute atomic E-state index is 0.0839. The van der Waals surface area contributed by atoms with Gasteiger partial charge in [0.15, 0.2) is 0 Å². The lowest BCUT2D eigenvalue weighted by atomic mass is 9.78. The fourth-order valence-corrected chi connectivity index (χ4v) is 3.04. The Kier molecular flexibility index (Phi) is 5.12. The van der Waals surface area contributed by atoms with E-state index in [0.717, 1.165) is 38.2 Å². The zero-order valence-corrected chi connectivity index (χ0v) is 11.5. The van der Waals surface area contributed by atoms with Crippen LogP contribution in [-0.4, -0.2) is 0 Å². The average molecular weight is 264 g/mol. The Labute approximate surface area is 114 Å². The Morgan fingerprint density at radius 3 is 2.26 bits per heavy atom. The normalized spacial score (nSPS) is 23.1. The zero-order chi connectivity index (χ0) is 13.7. The Bertz CT molecular complexity index is 407. The predicted octanol–water partition coefficient (Wildman–Crippen LogP) is 5.69. The number of hydrogen-bond acceptors (Lipinski definition) is 0. The van der Waals surface area contributed by atoms with Gasteiger partial charge in [0.1, 0.15) is 0 Å². The first-order chi connectivity index (χ1) is 9.19. The summed E-state index contributed by atoms with van der Waals surface area (Å²) in [7, 11) is 0. The fourth-order valence-electron chi connectivity index (χ4n) is 3.04. The van der Waals surface area contributed by atoms with Crippen molar-refractivity contribution in [1.82, 2.24) is 0 Å². The predicted molar refractivity (Wildman–Crippen MR) is 75.4 cm³/mol. The van der Waals surface area contributed by atoms with E-state index < -0.39 is 6.08 Å². The summed E-state index contributed by atoms with van der Waals surface area (Å²) in [6.07, 6.45) is 5.76. The van der Waals surface area contributed by atoms with Crippen LogP contribution in [0.2, 0.25) is 0 Å². The molecule has 1 aliphatic carbocycles. The second-order valence-corrected chi connectivity index (χ2v) is 5.56. The first-order valence-electron chi connectivity index (χ1n) is 7.30. The quantitative estimate of drug-likeness (QED) is 0.655. The van der Waals surface area contributed by atoms with Crippen molar-refractivity contribution in [3.8, 4) is 0 Å². The van der Waals surface area contributed by atoms with Crippen molar-refractivity contribution < 1.29 is 8.78 Å². The van der Waals surface area contributed by atoms with E-state index in [1.165, 1.54) is 17.5 Å². The summed E-state index contributed by atoms with van der Waals surface area (Å²) < 4.78 is 24.4. The van der Waals surface area contributed by atoms with Crippen LogP contribution >= 0.6 is 0 Å². The molecule has 0 aliphatic heterocycles. The Morgan fingerprint density at radius 2 is 1.74 bits per heavy atom. The molecule has 0 spiro atoms. The molecule has 19 heavy (non-hydrogen) atoms. The van der Waals surface area contributed by atoms with Gasteiger partial charge >= 0.3 is 0 Å². The number of rotatable bonds is 4. The highest BCUT2D eigenvalue weighted by Gasteiger charge is 2.21. The van der Waals surface area contributed by atoms with Crippen LogP contribution in [-0.2, 0) is 6.42 Å². The Morgan fingerprint density at radius 1 is 1.11 bits per heavy atom. The summed E-state index contributed by atoms with van der Waals surface area (Å²) in [5, 5.41) is 0. The molecule has 1 fully saturated rings. The lowest BCUT2D eigenvalue weighted by Crippen LogP contribution is -2.11. The number of aryl methyl sites for hydroxylation is 1. The lowest BCUT2D eigenvalue weighted by molar-refractivity contribution is 0.351. The molecule has 0 radical (unpaired) electrons. The molecule has 2 heteroatoms. The van der Waals surface area contributed by atoms with Crippen molar-refractivity contribution in [2.45, 2.75) is 51.4 Å². The minimum atomic E-state index is -1.52. The van der Waals surface area contributed by atoms with Crippen LogP contribution in [0.1, 0.15) is 56.1 Å². The highest BCUT2D eigenvalue weighted by atomic mass is 19.3. The van der Waals surface area contributed by atoms with Gasteiger partial charge in [-0.05, 0) is 61.1 Å². The molecule has 1 saturated carbocycles. The topological polar surface area (TPSA) is 0 Å². The van der Waals surface area contributed by atoms with E-state index in [0.29, 0.717) is 5.92 Å². The highest BCUT2D eigenvalue weighted by molar-refractivity contribution is 5.26. The third kappa shape index (κ3) is 4.15. The fraction of sp³-hybridized carbons (Fsp3) is 0.529. The van der Waals surface area contributed by atoms with Gasteiger partial charge in [0, 0.05) is 0 Å². The lowest BCUT2D eigenvalue weighted by Gasteiger charge is -2.27. The molecule has 0 saturated heterocycles.